The van der Waals surface area contributed by atoms with E-state index < -0.39 is 5.54 Å². The highest BCUT2D eigenvalue weighted by molar-refractivity contribution is 5.98. The third-order valence-corrected chi connectivity index (χ3v) is 4.10. The van der Waals surface area contributed by atoms with E-state index in [0.717, 1.165) is 12.0 Å². The highest BCUT2D eigenvalue weighted by Crippen LogP contribution is 2.32. The Kier molecular flexibility index (Phi) is 4.08. The van der Waals surface area contributed by atoms with E-state index in [1.165, 1.54) is 0 Å². The molecule has 1 N–H and O–H groups in total. The molecule has 1 saturated heterocycles. The SMILES string of the molecule is CC(C)(C)CCN1C(=O)CNC(=O)C1(C)c1ccccc1. The van der Waals surface area contributed by atoms with Gasteiger partial charge in [-0.2, -0.15) is 0 Å². The molecule has 0 aliphatic carbocycles. The average Bonchev–Trinajstić information content (AvgIpc) is 2.43. The minimum Gasteiger partial charge on any atom is -0.345 e. The fourth-order valence-electron chi connectivity index (χ4n) is 2.64. The number of carbonyl (C=O) groups is 2. The molecule has 1 aliphatic rings. The van der Waals surface area contributed by atoms with Crippen molar-refractivity contribution in [2.24, 2.45) is 5.41 Å². The first-order chi connectivity index (χ1) is 9.75. The summed E-state index contributed by atoms with van der Waals surface area (Å²) in [6.45, 7) is 8.92. The van der Waals surface area contributed by atoms with Gasteiger partial charge in [0.25, 0.3) is 5.91 Å². The van der Waals surface area contributed by atoms with Gasteiger partial charge in [-0.25, -0.2) is 0 Å². The van der Waals surface area contributed by atoms with E-state index in [1.54, 1.807) is 4.90 Å². The van der Waals surface area contributed by atoms with Crippen LogP contribution in [-0.4, -0.2) is 29.8 Å². The Morgan fingerprint density at radius 2 is 1.81 bits per heavy atom. The van der Waals surface area contributed by atoms with Crippen LogP contribution >= 0.6 is 0 Å². The van der Waals surface area contributed by atoms with Crippen molar-refractivity contribution in [1.29, 1.82) is 0 Å². The fourth-order valence-corrected chi connectivity index (χ4v) is 2.64. The molecule has 1 atom stereocenters. The Bertz CT molecular complexity index is 533. The molecule has 0 spiro atoms. The number of amides is 2. The first-order valence-corrected chi connectivity index (χ1v) is 7.39. The molecule has 2 rings (SSSR count). The molecule has 0 radical (unpaired) electrons. The molecule has 4 heteroatoms. The second-order valence-corrected chi connectivity index (χ2v) is 6.98. The van der Waals surface area contributed by atoms with Gasteiger partial charge in [0.15, 0.2) is 0 Å². The molecule has 1 aromatic carbocycles. The maximum Gasteiger partial charge on any atom is 0.250 e. The maximum absolute atomic E-state index is 12.5. The van der Waals surface area contributed by atoms with Crippen molar-refractivity contribution < 1.29 is 9.59 Å². The van der Waals surface area contributed by atoms with E-state index in [2.05, 4.69) is 26.1 Å². The van der Waals surface area contributed by atoms with Crippen molar-refractivity contribution in [3.8, 4) is 0 Å². The van der Waals surface area contributed by atoms with Crippen molar-refractivity contribution in [3.05, 3.63) is 35.9 Å². The van der Waals surface area contributed by atoms with Gasteiger partial charge < -0.3 is 10.2 Å². The Hall–Kier alpha value is -1.84. The van der Waals surface area contributed by atoms with Crippen LogP contribution in [-0.2, 0) is 15.1 Å². The molecule has 0 aromatic heterocycles. The molecule has 1 fully saturated rings. The van der Waals surface area contributed by atoms with Gasteiger partial charge in [-0.1, -0.05) is 51.1 Å². The van der Waals surface area contributed by atoms with Crippen LogP contribution in [0, 0.1) is 5.41 Å². The Morgan fingerprint density at radius 1 is 1.19 bits per heavy atom. The smallest absolute Gasteiger partial charge is 0.250 e. The van der Waals surface area contributed by atoms with Gasteiger partial charge >= 0.3 is 0 Å². The summed E-state index contributed by atoms with van der Waals surface area (Å²) in [4.78, 5) is 26.6. The zero-order valence-corrected chi connectivity index (χ0v) is 13.3. The summed E-state index contributed by atoms with van der Waals surface area (Å²) >= 11 is 0. The largest absolute Gasteiger partial charge is 0.345 e. The van der Waals surface area contributed by atoms with Crippen molar-refractivity contribution in [1.82, 2.24) is 10.2 Å². The molecule has 0 bridgehead atoms. The second-order valence-electron chi connectivity index (χ2n) is 6.98. The lowest BCUT2D eigenvalue weighted by atomic mass is 9.85. The molecule has 1 unspecified atom stereocenters. The van der Waals surface area contributed by atoms with Crippen LogP contribution in [0.4, 0.5) is 0 Å². The summed E-state index contributed by atoms with van der Waals surface area (Å²) in [6.07, 6.45) is 0.856. The number of nitrogens with zero attached hydrogens (tertiary/aromatic N) is 1. The zero-order chi connectivity index (χ0) is 15.7. The molecule has 21 heavy (non-hydrogen) atoms. The molecule has 4 nitrogen and oxygen atoms in total. The Balaban J connectivity index is 2.37. The van der Waals surface area contributed by atoms with Crippen LogP contribution in [0.5, 0.6) is 0 Å². The number of carbonyl (C=O) groups excluding carboxylic acids is 2. The maximum atomic E-state index is 12.5. The topological polar surface area (TPSA) is 49.4 Å². The van der Waals surface area contributed by atoms with E-state index in [4.69, 9.17) is 0 Å². The third-order valence-electron chi connectivity index (χ3n) is 4.10. The molecule has 1 aliphatic heterocycles. The van der Waals surface area contributed by atoms with E-state index in [-0.39, 0.29) is 23.8 Å². The third kappa shape index (κ3) is 3.09. The highest BCUT2D eigenvalue weighted by atomic mass is 16.2. The van der Waals surface area contributed by atoms with E-state index in [1.807, 2.05) is 37.3 Å². The van der Waals surface area contributed by atoms with Crippen LogP contribution < -0.4 is 5.32 Å². The van der Waals surface area contributed by atoms with Crippen molar-refractivity contribution in [2.45, 2.75) is 39.7 Å². The number of nitrogens with one attached hydrogen (secondary N) is 1. The van der Waals surface area contributed by atoms with Crippen LogP contribution in [0.3, 0.4) is 0 Å². The van der Waals surface area contributed by atoms with Gasteiger partial charge in [0.1, 0.15) is 5.54 Å². The van der Waals surface area contributed by atoms with Gasteiger partial charge in [-0.3, -0.25) is 9.59 Å². The normalized spacial score (nSPS) is 23.1. The summed E-state index contributed by atoms with van der Waals surface area (Å²) in [5.74, 6) is -0.132. The summed E-state index contributed by atoms with van der Waals surface area (Å²) in [6, 6.07) is 9.52. The number of hydrogen-bond donors (Lipinski definition) is 1. The molecule has 114 valence electrons. The van der Waals surface area contributed by atoms with Crippen LogP contribution in [0.15, 0.2) is 30.3 Å². The first kappa shape index (κ1) is 15.5. The Morgan fingerprint density at radius 3 is 2.38 bits per heavy atom. The van der Waals surface area contributed by atoms with Gasteiger partial charge in [0.2, 0.25) is 5.91 Å². The minimum absolute atomic E-state index is 0.0230. The zero-order valence-electron chi connectivity index (χ0n) is 13.3. The monoisotopic (exact) mass is 288 g/mol. The minimum atomic E-state index is -0.929. The quantitative estimate of drug-likeness (QED) is 0.928. The number of hydrogen-bond acceptors (Lipinski definition) is 2. The van der Waals surface area contributed by atoms with Gasteiger partial charge in [0.05, 0.1) is 6.54 Å². The standard InChI is InChI=1S/C17H24N2O2/c1-16(2,3)10-11-19-14(20)12-18-15(21)17(19,4)13-8-6-5-7-9-13/h5-9H,10-12H2,1-4H3,(H,18,21). The van der Waals surface area contributed by atoms with Crippen molar-refractivity contribution >= 4 is 11.8 Å². The summed E-state index contributed by atoms with van der Waals surface area (Å²) in [7, 11) is 0. The lowest BCUT2D eigenvalue weighted by Crippen LogP contribution is -2.64. The average molecular weight is 288 g/mol. The highest BCUT2D eigenvalue weighted by Gasteiger charge is 2.46. The van der Waals surface area contributed by atoms with Crippen molar-refractivity contribution in [2.75, 3.05) is 13.1 Å². The summed E-state index contributed by atoms with van der Waals surface area (Å²) < 4.78 is 0. The number of benzene rings is 1. The van der Waals surface area contributed by atoms with E-state index >= 15 is 0 Å². The molecular formula is C17H24N2O2. The second kappa shape index (κ2) is 5.51. The lowest BCUT2D eigenvalue weighted by molar-refractivity contribution is -0.153. The first-order valence-electron chi connectivity index (χ1n) is 7.39. The molecule has 2 amide bonds. The van der Waals surface area contributed by atoms with Gasteiger partial charge in [-0.15, -0.1) is 0 Å². The van der Waals surface area contributed by atoms with Crippen molar-refractivity contribution in [3.63, 3.8) is 0 Å². The number of rotatable bonds is 3. The van der Waals surface area contributed by atoms with E-state index in [0.29, 0.717) is 6.54 Å². The fraction of sp³-hybridized carbons (Fsp3) is 0.529. The van der Waals surface area contributed by atoms with Crippen LogP contribution in [0.1, 0.15) is 39.7 Å². The lowest BCUT2D eigenvalue weighted by Gasteiger charge is -2.44. The number of piperazine rings is 1. The van der Waals surface area contributed by atoms with E-state index in [9.17, 15) is 9.59 Å². The molecule has 1 aromatic rings. The Labute approximate surface area is 126 Å². The van der Waals surface area contributed by atoms with Gasteiger partial charge in [-0.05, 0) is 24.3 Å². The molecule has 1 heterocycles. The van der Waals surface area contributed by atoms with Gasteiger partial charge in [0, 0.05) is 6.54 Å². The summed E-state index contributed by atoms with van der Waals surface area (Å²) in [5.41, 5.74) is 0.0395. The predicted molar refractivity (Wildman–Crippen MR) is 82.6 cm³/mol. The molecular weight excluding hydrogens is 264 g/mol. The molecule has 0 saturated carbocycles. The van der Waals surface area contributed by atoms with Crippen LogP contribution in [0.25, 0.3) is 0 Å². The predicted octanol–water partition coefficient (Wildman–Crippen LogP) is 2.30. The summed E-state index contributed by atoms with van der Waals surface area (Å²) in [5, 5.41) is 2.72. The van der Waals surface area contributed by atoms with Crippen LogP contribution in [0.2, 0.25) is 0 Å².